The number of amides is 1. The Morgan fingerprint density at radius 3 is 2.65 bits per heavy atom. The zero-order chi connectivity index (χ0) is 14.7. The van der Waals surface area contributed by atoms with Crippen LogP contribution in [0.4, 0.5) is 5.69 Å². The Bertz CT molecular complexity index is 471. The average Bonchev–Trinajstić information content (AvgIpc) is 2.36. The summed E-state index contributed by atoms with van der Waals surface area (Å²) in [5, 5.41) is 2.98. The van der Waals surface area contributed by atoms with Crippen LogP contribution in [0.3, 0.4) is 0 Å². The number of carbonyl (C=O) groups excluding carboxylic acids is 1. The lowest BCUT2D eigenvalue weighted by Gasteiger charge is -2.35. The van der Waals surface area contributed by atoms with Gasteiger partial charge >= 0.3 is 0 Å². The molecule has 0 unspecified atom stereocenters. The number of rotatable bonds is 3. The number of ether oxygens (including phenoxy) is 1. The van der Waals surface area contributed by atoms with E-state index in [2.05, 4.69) is 35.1 Å². The van der Waals surface area contributed by atoms with E-state index < -0.39 is 0 Å². The summed E-state index contributed by atoms with van der Waals surface area (Å²) in [6.07, 6.45) is 0.407. The minimum Gasteiger partial charge on any atom is -0.364 e. The minimum atomic E-state index is -0.0808. The lowest BCUT2D eigenvalue weighted by molar-refractivity contribution is -0.928. The molecule has 1 aromatic carbocycles. The summed E-state index contributed by atoms with van der Waals surface area (Å²) in [5.41, 5.74) is 0.824. The number of hydrogen-bond donors (Lipinski definition) is 2. The van der Waals surface area contributed by atoms with Crippen molar-refractivity contribution in [3.8, 4) is 0 Å². The molecule has 1 aliphatic rings. The fourth-order valence-electron chi connectivity index (χ4n) is 2.67. The monoisotopic (exact) mass is 341 g/mol. The molecule has 2 rings (SSSR count). The maximum atomic E-state index is 12.3. The Hall–Kier alpha value is -0.910. The number of anilines is 1. The Morgan fingerprint density at radius 1 is 1.40 bits per heavy atom. The molecular formula is C15H22BrN2O2+. The van der Waals surface area contributed by atoms with Gasteiger partial charge in [0.25, 0.3) is 5.91 Å². The van der Waals surface area contributed by atoms with Gasteiger partial charge in [-0.3, -0.25) is 4.79 Å². The van der Waals surface area contributed by atoms with Crippen molar-refractivity contribution in [2.45, 2.75) is 39.0 Å². The van der Waals surface area contributed by atoms with Crippen molar-refractivity contribution in [3.05, 3.63) is 28.7 Å². The quantitative estimate of drug-likeness (QED) is 0.874. The van der Waals surface area contributed by atoms with Gasteiger partial charge in [0, 0.05) is 10.2 Å². The molecule has 0 aliphatic carbocycles. The van der Waals surface area contributed by atoms with Crippen LogP contribution in [0.2, 0.25) is 0 Å². The number of carbonyl (C=O) groups is 1. The molecule has 20 heavy (non-hydrogen) atoms. The summed E-state index contributed by atoms with van der Waals surface area (Å²) in [7, 11) is 0. The van der Waals surface area contributed by atoms with Crippen LogP contribution < -0.4 is 10.2 Å². The Kier molecular flexibility index (Phi) is 5.18. The van der Waals surface area contributed by atoms with E-state index in [0.717, 1.165) is 23.2 Å². The van der Waals surface area contributed by atoms with Crippen LogP contribution in [-0.4, -0.2) is 37.2 Å². The summed E-state index contributed by atoms with van der Waals surface area (Å²) >= 11 is 3.41. The smallest absolute Gasteiger partial charge is 0.282 e. The highest BCUT2D eigenvalue weighted by atomic mass is 79.9. The molecule has 110 valence electrons. The first-order valence-corrected chi connectivity index (χ1v) is 7.81. The van der Waals surface area contributed by atoms with Crippen LogP contribution >= 0.6 is 15.9 Å². The molecule has 0 aromatic heterocycles. The highest BCUT2D eigenvalue weighted by Crippen LogP contribution is 2.15. The maximum absolute atomic E-state index is 12.3. The first kappa shape index (κ1) is 15.5. The zero-order valence-corrected chi connectivity index (χ0v) is 13.7. The molecule has 4 nitrogen and oxygen atoms in total. The third kappa shape index (κ3) is 4.04. The van der Waals surface area contributed by atoms with Gasteiger partial charge in [-0.2, -0.15) is 0 Å². The first-order chi connectivity index (χ1) is 9.45. The van der Waals surface area contributed by atoms with Gasteiger partial charge < -0.3 is 15.0 Å². The number of halogens is 1. The number of hydrogen-bond acceptors (Lipinski definition) is 2. The van der Waals surface area contributed by atoms with E-state index in [1.54, 1.807) is 0 Å². The largest absolute Gasteiger partial charge is 0.364 e. The Labute approximate surface area is 128 Å². The summed E-state index contributed by atoms with van der Waals surface area (Å²) < 4.78 is 6.68. The van der Waals surface area contributed by atoms with E-state index in [4.69, 9.17) is 4.74 Å². The lowest BCUT2D eigenvalue weighted by Crippen LogP contribution is -3.19. The molecule has 0 saturated carbocycles. The summed E-state index contributed by atoms with van der Waals surface area (Å²) in [5.74, 6) is 0.0550. The van der Waals surface area contributed by atoms with Crippen LogP contribution in [-0.2, 0) is 9.53 Å². The van der Waals surface area contributed by atoms with E-state index >= 15 is 0 Å². The SMILES string of the molecule is C[C@H]1C[NH+]([C@@H](C)C(=O)Nc2cccc(Br)c2)C[C@H](C)O1. The van der Waals surface area contributed by atoms with Crippen molar-refractivity contribution in [2.24, 2.45) is 0 Å². The highest BCUT2D eigenvalue weighted by molar-refractivity contribution is 9.10. The molecule has 1 saturated heterocycles. The molecular weight excluding hydrogens is 320 g/mol. The predicted molar refractivity (Wildman–Crippen MR) is 82.9 cm³/mol. The summed E-state index contributed by atoms with van der Waals surface area (Å²) in [6, 6.07) is 7.58. The lowest BCUT2D eigenvalue weighted by atomic mass is 10.1. The van der Waals surface area contributed by atoms with Gasteiger partial charge in [-0.25, -0.2) is 0 Å². The van der Waals surface area contributed by atoms with E-state index in [1.807, 2.05) is 31.2 Å². The van der Waals surface area contributed by atoms with E-state index in [-0.39, 0.29) is 24.2 Å². The maximum Gasteiger partial charge on any atom is 0.282 e. The highest BCUT2D eigenvalue weighted by Gasteiger charge is 2.32. The molecule has 0 radical (unpaired) electrons. The second-order valence-corrected chi connectivity index (χ2v) is 6.46. The standard InChI is InChI=1S/C15H21BrN2O2/c1-10-8-18(9-11(2)20-10)12(3)15(19)17-14-6-4-5-13(16)7-14/h4-7,10-12H,8-9H2,1-3H3,(H,17,19)/p+1/t10-,11-,12-/m0/s1. The average molecular weight is 342 g/mol. The van der Waals surface area contributed by atoms with E-state index in [1.165, 1.54) is 4.90 Å². The van der Waals surface area contributed by atoms with Crippen LogP contribution in [0.15, 0.2) is 28.7 Å². The van der Waals surface area contributed by atoms with E-state index in [0.29, 0.717) is 0 Å². The van der Waals surface area contributed by atoms with Gasteiger partial charge in [0.1, 0.15) is 25.3 Å². The zero-order valence-electron chi connectivity index (χ0n) is 12.2. The first-order valence-electron chi connectivity index (χ1n) is 7.02. The van der Waals surface area contributed by atoms with E-state index in [9.17, 15) is 4.79 Å². The van der Waals surface area contributed by atoms with Gasteiger partial charge in [-0.1, -0.05) is 22.0 Å². The predicted octanol–water partition coefficient (Wildman–Crippen LogP) is 1.47. The second kappa shape index (κ2) is 6.70. The summed E-state index contributed by atoms with van der Waals surface area (Å²) in [4.78, 5) is 13.6. The molecule has 2 N–H and O–H groups in total. The van der Waals surface area contributed by atoms with Crippen molar-refractivity contribution >= 4 is 27.5 Å². The number of quaternary nitrogens is 1. The molecule has 1 aromatic rings. The van der Waals surface area contributed by atoms with Gasteiger partial charge in [0.15, 0.2) is 6.04 Å². The molecule has 0 bridgehead atoms. The number of benzene rings is 1. The summed E-state index contributed by atoms with van der Waals surface area (Å²) in [6.45, 7) is 7.85. The van der Waals surface area contributed by atoms with Crippen molar-refractivity contribution in [3.63, 3.8) is 0 Å². The second-order valence-electron chi connectivity index (χ2n) is 5.55. The normalized spacial score (nSPS) is 27.9. The fraction of sp³-hybridized carbons (Fsp3) is 0.533. The van der Waals surface area contributed by atoms with Gasteiger partial charge in [0.2, 0.25) is 0 Å². The van der Waals surface area contributed by atoms with Gasteiger partial charge in [-0.15, -0.1) is 0 Å². The number of nitrogens with one attached hydrogen (secondary N) is 2. The molecule has 1 aliphatic heterocycles. The van der Waals surface area contributed by atoms with Gasteiger partial charge in [0.05, 0.1) is 0 Å². The number of morpholine rings is 1. The molecule has 1 heterocycles. The van der Waals surface area contributed by atoms with Crippen molar-refractivity contribution in [1.82, 2.24) is 0 Å². The van der Waals surface area contributed by atoms with Crippen LogP contribution in [0.1, 0.15) is 20.8 Å². The fourth-order valence-corrected chi connectivity index (χ4v) is 3.07. The molecule has 1 fully saturated rings. The molecule has 5 heteroatoms. The third-order valence-electron chi connectivity index (χ3n) is 3.66. The van der Waals surface area contributed by atoms with Crippen molar-refractivity contribution < 1.29 is 14.4 Å². The van der Waals surface area contributed by atoms with Crippen molar-refractivity contribution in [2.75, 3.05) is 18.4 Å². The topological polar surface area (TPSA) is 42.8 Å². The van der Waals surface area contributed by atoms with Crippen LogP contribution in [0, 0.1) is 0 Å². The Morgan fingerprint density at radius 2 is 2.05 bits per heavy atom. The van der Waals surface area contributed by atoms with Crippen LogP contribution in [0.25, 0.3) is 0 Å². The third-order valence-corrected chi connectivity index (χ3v) is 4.15. The van der Waals surface area contributed by atoms with Gasteiger partial charge in [-0.05, 0) is 39.0 Å². The minimum absolute atomic E-state index is 0.0550. The molecule has 3 atom stereocenters. The molecule has 0 spiro atoms. The van der Waals surface area contributed by atoms with Crippen molar-refractivity contribution in [1.29, 1.82) is 0 Å². The Balaban J connectivity index is 1.98. The van der Waals surface area contributed by atoms with Crippen LogP contribution in [0.5, 0.6) is 0 Å². The molecule has 1 amide bonds.